The second-order valence-electron chi connectivity index (χ2n) is 6.12. The summed E-state index contributed by atoms with van der Waals surface area (Å²) < 4.78 is 1.08. The summed E-state index contributed by atoms with van der Waals surface area (Å²) in [5, 5.41) is 0. The third-order valence-corrected chi connectivity index (χ3v) is 4.66. The quantitative estimate of drug-likeness (QED) is 0.714. The minimum absolute atomic E-state index is 0.413. The van der Waals surface area contributed by atoms with Gasteiger partial charge in [-0.25, -0.2) is 0 Å². The Kier molecular flexibility index (Phi) is 3.68. The topological polar surface area (TPSA) is 12.9 Å². The molecule has 0 bridgehead atoms. The first-order valence-electron chi connectivity index (χ1n) is 7.30. The van der Waals surface area contributed by atoms with Crippen LogP contribution in [0.3, 0.4) is 0 Å². The summed E-state index contributed by atoms with van der Waals surface area (Å²) in [6.45, 7) is 6.78. The Hall–Kier alpha value is -1.15. The van der Waals surface area contributed by atoms with Gasteiger partial charge in [-0.2, -0.15) is 0 Å². The normalized spacial score (nSPS) is 17.6. The van der Waals surface area contributed by atoms with Gasteiger partial charge in [0.15, 0.2) is 0 Å². The van der Waals surface area contributed by atoms with Crippen LogP contribution in [0.2, 0.25) is 0 Å². The van der Waals surface area contributed by atoms with E-state index in [1.807, 2.05) is 6.20 Å². The molecule has 0 fully saturated rings. The zero-order chi connectivity index (χ0) is 14.3. The van der Waals surface area contributed by atoms with Crippen LogP contribution in [0.1, 0.15) is 47.7 Å². The van der Waals surface area contributed by atoms with Gasteiger partial charge in [-0.1, -0.05) is 37.6 Å². The molecule has 0 N–H and O–H groups in total. The first-order valence-corrected chi connectivity index (χ1v) is 8.09. The van der Waals surface area contributed by atoms with Crippen LogP contribution in [-0.4, -0.2) is 4.98 Å². The van der Waals surface area contributed by atoms with E-state index in [-0.39, 0.29) is 0 Å². The Balaban J connectivity index is 2.21. The van der Waals surface area contributed by atoms with Gasteiger partial charge in [-0.3, -0.25) is 4.98 Å². The fourth-order valence-electron chi connectivity index (χ4n) is 3.32. The lowest BCUT2D eigenvalue weighted by molar-refractivity contribution is 0.550. The van der Waals surface area contributed by atoms with E-state index in [9.17, 15) is 0 Å². The van der Waals surface area contributed by atoms with Crippen molar-refractivity contribution in [1.29, 1.82) is 0 Å². The maximum Gasteiger partial charge on any atom is 0.0513 e. The van der Waals surface area contributed by atoms with E-state index in [1.165, 1.54) is 27.9 Å². The summed E-state index contributed by atoms with van der Waals surface area (Å²) in [4.78, 5) is 4.76. The third kappa shape index (κ3) is 2.42. The number of hydrogen-bond donors (Lipinski definition) is 0. The maximum atomic E-state index is 4.76. The Morgan fingerprint density at radius 1 is 1.15 bits per heavy atom. The molecule has 1 heterocycles. The van der Waals surface area contributed by atoms with Crippen molar-refractivity contribution in [3.05, 3.63) is 62.9 Å². The highest BCUT2D eigenvalue weighted by Gasteiger charge is 2.27. The summed E-state index contributed by atoms with van der Waals surface area (Å²) in [6.07, 6.45) is 4.14. The van der Waals surface area contributed by atoms with E-state index >= 15 is 0 Å². The fraction of sp³-hybridized carbons (Fsp3) is 0.389. The lowest BCUT2D eigenvalue weighted by Gasteiger charge is -2.23. The van der Waals surface area contributed by atoms with Crippen molar-refractivity contribution in [2.24, 2.45) is 5.92 Å². The van der Waals surface area contributed by atoms with Gasteiger partial charge < -0.3 is 0 Å². The summed E-state index contributed by atoms with van der Waals surface area (Å²) >= 11 is 3.56. The molecule has 3 rings (SSSR count). The number of hydrogen-bond acceptors (Lipinski definition) is 1. The van der Waals surface area contributed by atoms with Gasteiger partial charge in [-0.15, -0.1) is 0 Å². The SMILES string of the molecule is Cc1ccc2c(c1)CCc1cc(Br)cnc1C2C(C)C. The van der Waals surface area contributed by atoms with E-state index < -0.39 is 0 Å². The number of aromatic nitrogens is 1. The molecular formula is C18H20BrN. The molecule has 1 aliphatic carbocycles. The van der Waals surface area contributed by atoms with Gasteiger partial charge in [0.2, 0.25) is 0 Å². The standard InChI is InChI=1S/C18H20BrN/c1-11(2)17-16-7-4-12(3)8-13(16)5-6-14-9-15(19)10-20-18(14)17/h4,7-11,17H,5-6H2,1-3H3. The van der Waals surface area contributed by atoms with Gasteiger partial charge in [-0.05, 0) is 64.4 Å². The molecule has 2 heteroatoms. The number of benzene rings is 1. The monoisotopic (exact) mass is 329 g/mol. The van der Waals surface area contributed by atoms with Crippen LogP contribution >= 0.6 is 15.9 Å². The van der Waals surface area contributed by atoms with Gasteiger partial charge in [0.05, 0.1) is 5.69 Å². The highest BCUT2D eigenvalue weighted by molar-refractivity contribution is 9.10. The van der Waals surface area contributed by atoms with Crippen molar-refractivity contribution < 1.29 is 0 Å². The lowest BCUT2D eigenvalue weighted by atomic mass is 9.83. The molecule has 0 saturated heterocycles. The van der Waals surface area contributed by atoms with Crippen molar-refractivity contribution in [2.45, 2.75) is 39.5 Å². The largest absolute Gasteiger partial charge is 0.259 e. The smallest absolute Gasteiger partial charge is 0.0513 e. The molecule has 0 spiro atoms. The van der Waals surface area contributed by atoms with Crippen LogP contribution in [0.25, 0.3) is 0 Å². The zero-order valence-corrected chi connectivity index (χ0v) is 13.9. The molecule has 1 nitrogen and oxygen atoms in total. The van der Waals surface area contributed by atoms with Crippen LogP contribution in [0, 0.1) is 12.8 Å². The molecule has 20 heavy (non-hydrogen) atoms. The average molecular weight is 330 g/mol. The maximum absolute atomic E-state index is 4.76. The van der Waals surface area contributed by atoms with Crippen molar-refractivity contribution in [3.63, 3.8) is 0 Å². The molecule has 1 aromatic heterocycles. The van der Waals surface area contributed by atoms with Crippen molar-refractivity contribution in [1.82, 2.24) is 4.98 Å². The van der Waals surface area contributed by atoms with Crippen LogP contribution < -0.4 is 0 Å². The number of pyridine rings is 1. The van der Waals surface area contributed by atoms with E-state index in [4.69, 9.17) is 4.98 Å². The van der Waals surface area contributed by atoms with Crippen LogP contribution in [0.15, 0.2) is 34.9 Å². The van der Waals surface area contributed by atoms with Crippen LogP contribution in [-0.2, 0) is 12.8 Å². The second-order valence-corrected chi connectivity index (χ2v) is 7.04. The lowest BCUT2D eigenvalue weighted by Crippen LogP contribution is -2.12. The molecule has 1 aromatic carbocycles. The molecule has 0 saturated carbocycles. The Morgan fingerprint density at radius 2 is 1.90 bits per heavy atom. The summed E-state index contributed by atoms with van der Waals surface area (Å²) in [5.74, 6) is 0.971. The van der Waals surface area contributed by atoms with E-state index in [0.717, 1.165) is 17.3 Å². The fourth-order valence-corrected chi connectivity index (χ4v) is 3.70. The van der Waals surface area contributed by atoms with Crippen LogP contribution in [0.4, 0.5) is 0 Å². The number of rotatable bonds is 1. The van der Waals surface area contributed by atoms with Crippen LogP contribution in [0.5, 0.6) is 0 Å². The molecule has 0 aliphatic heterocycles. The van der Waals surface area contributed by atoms with Gasteiger partial charge in [0.25, 0.3) is 0 Å². The van der Waals surface area contributed by atoms with E-state index in [2.05, 4.69) is 61.0 Å². The Bertz CT molecular complexity index is 592. The molecule has 1 unspecified atom stereocenters. The molecule has 0 amide bonds. The highest BCUT2D eigenvalue weighted by Crippen LogP contribution is 2.38. The number of nitrogens with zero attached hydrogens (tertiary/aromatic N) is 1. The Morgan fingerprint density at radius 3 is 2.65 bits per heavy atom. The highest BCUT2D eigenvalue weighted by atomic mass is 79.9. The summed E-state index contributed by atoms with van der Waals surface area (Å²) in [6, 6.07) is 9.15. The third-order valence-electron chi connectivity index (χ3n) is 4.23. The molecule has 0 radical (unpaired) electrons. The summed E-state index contributed by atoms with van der Waals surface area (Å²) in [5.41, 5.74) is 6.99. The first-order chi connectivity index (χ1) is 9.56. The van der Waals surface area contributed by atoms with Gasteiger partial charge in [0, 0.05) is 16.6 Å². The van der Waals surface area contributed by atoms with Crippen molar-refractivity contribution in [3.8, 4) is 0 Å². The minimum atomic E-state index is 0.413. The second kappa shape index (κ2) is 5.33. The molecule has 1 aliphatic rings. The van der Waals surface area contributed by atoms with E-state index in [1.54, 1.807) is 0 Å². The molecule has 2 aromatic rings. The number of halogens is 1. The molecule has 1 atom stereocenters. The first kappa shape index (κ1) is 13.8. The summed E-state index contributed by atoms with van der Waals surface area (Å²) in [7, 11) is 0. The van der Waals surface area contributed by atoms with Gasteiger partial charge in [0.1, 0.15) is 0 Å². The number of aryl methyl sites for hydroxylation is 3. The minimum Gasteiger partial charge on any atom is -0.259 e. The van der Waals surface area contributed by atoms with Crippen molar-refractivity contribution >= 4 is 15.9 Å². The van der Waals surface area contributed by atoms with Gasteiger partial charge >= 0.3 is 0 Å². The van der Waals surface area contributed by atoms with E-state index in [0.29, 0.717) is 11.8 Å². The predicted octanol–water partition coefficient (Wildman–Crippen LogP) is 5.04. The predicted molar refractivity (Wildman–Crippen MR) is 87.2 cm³/mol. The zero-order valence-electron chi connectivity index (χ0n) is 12.3. The Labute approximate surface area is 129 Å². The molecular weight excluding hydrogens is 310 g/mol. The van der Waals surface area contributed by atoms with Crippen molar-refractivity contribution in [2.75, 3.05) is 0 Å². The average Bonchev–Trinajstić information content (AvgIpc) is 2.55. The molecule has 104 valence electrons. The number of fused-ring (bicyclic) bond motifs is 2.